The Balaban J connectivity index is 1.71. The number of carbonyl (C=O) groups excluding carboxylic acids is 2. The van der Waals surface area contributed by atoms with Crippen molar-refractivity contribution in [1.29, 1.82) is 0 Å². The Kier molecular flexibility index (Phi) is 7.21. The van der Waals surface area contributed by atoms with Crippen molar-refractivity contribution in [3.8, 4) is 11.5 Å². The summed E-state index contributed by atoms with van der Waals surface area (Å²) in [4.78, 5) is 30.9. The Bertz CT molecular complexity index is 982. The van der Waals surface area contributed by atoms with Crippen LogP contribution in [0, 0.1) is 6.92 Å². The third kappa shape index (κ3) is 5.00. The maximum Gasteiger partial charge on any atom is 0.250 e. The molecule has 0 bridgehead atoms. The van der Waals surface area contributed by atoms with E-state index in [1.165, 1.54) is 6.42 Å². The van der Waals surface area contributed by atoms with Crippen LogP contribution in [0.1, 0.15) is 61.8 Å². The molecule has 1 heterocycles. The molecule has 6 heteroatoms. The van der Waals surface area contributed by atoms with Gasteiger partial charge in [-0.15, -0.1) is 0 Å². The fourth-order valence-electron chi connectivity index (χ4n) is 4.97. The third-order valence-corrected chi connectivity index (χ3v) is 6.75. The Morgan fingerprint density at radius 2 is 1.70 bits per heavy atom. The zero-order valence-corrected chi connectivity index (χ0v) is 19.9. The normalized spacial score (nSPS) is 19.7. The van der Waals surface area contributed by atoms with Gasteiger partial charge in [-0.2, -0.15) is 0 Å². The van der Waals surface area contributed by atoms with E-state index in [0.29, 0.717) is 24.7 Å². The highest BCUT2D eigenvalue weighted by molar-refractivity contribution is 5.96. The Morgan fingerprint density at radius 1 is 0.970 bits per heavy atom. The van der Waals surface area contributed by atoms with Gasteiger partial charge in [0, 0.05) is 12.6 Å². The second kappa shape index (κ2) is 10.3. The first-order valence-corrected chi connectivity index (χ1v) is 12.0. The van der Waals surface area contributed by atoms with Crippen LogP contribution in [-0.4, -0.2) is 47.9 Å². The maximum absolute atomic E-state index is 13.9. The number of nitrogens with zero attached hydrogens (tertiary/aromatic N) is 2. The van der Waals surface area contributed by atoms with Gasteiger partial charge in [-0.3, -0.25) is 9.59 Å². The summed E-state index contributed by atoms with van der Waals surface area (Å²) >= 11 is 0. The van der Waals surface area contributed by atoms with Crippen LogP contribution in [0.4, 0.5) is 0 Å². The number of hydrogen-bond acceptors (Lipinski definition) is 4. The van der Waals surface area contributed by atoms with Gasteiger partial charge in [0.25, 0.3) is 5.91 Å². The van der Waals surface area contributed by atoms with Gasteiger partial charge in [0.05, 0.1) is 13.7 Å². The topological polar surface area (TPSA) is 59.1 Å². The molecule has 2 aromatic carbocycles. The number of amides is 2. The van der Waals surface area contributed by atoms with Crippen LogP contribution in [0.25, 0.3) is 0 Å². The van der Waals surface area contributed by atoms with Gasteiger partial charge in [0.15, 0.2) is 11.5 Å². The van der Waals surface area contributed by atoms with E-state index in [1.807, 2.05) is 61.2 Å². The SMILES string of the molecule is CCOc1ccc(C2C(=O)N(C3CCCCC3)CC(=O)N2Cc2ccc(C)cc2)cc1OC. The zero-order chi connectivity index (χ0) is 23.4. The van der Waals surface area contributed by atoms with E-state index < -0.39 is 6.04 Å². The molecule has 0 spiro atoms. The minimum atomic E-state index is -0.681. The van der Waals surface area contributed by atoms with E-state index in [2.05, 4.69) is 0 Å². The highest BCUT2D eigenvalue weighted by Crippen LogP contribution is 2.37. The third-order valence-electron chi connectivity index (χ3n) is 6.75. The van der Waals surface area contributed by atoms with Crippen LogP contribution >= 0.6 is 0 Å². The predicted molar refractivity (Wildman–Crippen MR) is 127 cm³/mol. The first-order chi connectivity index (χ1) is 16.0. The Labute approximate surface area is 196 Å². The lowest BCUT2D eigenvalue weighted by atomic mass is 9.91. The monoisotopic (exact) mass is 450 g/mol. The van der Waals surface area contributed by atoms with Crippen molar-refractivity contribution in [1.82, 2.24) is 9.80 Å². The largest absolute Gasteiger partial charge is 0.493 e. The highest BCUT2D eigenvalue weighted by Gasteiger charge is 2.43. The average molecular weight is 451 g/mol. The number of ether oxygens (including phenoxy) is 2. The standard InChI is InChI=1S/C27H34N2O4/c1-4-33-23-15-14-21(16-24(23)32-3)26-27(31)28(22-8-6-5-7-9-22)18-25(30)29(26)17-20-12-10-19(2)11-13-20/h10-16,22,26H,4-9,17-18H2,1-3H3. The number of hydrogen-bond donors (Lipinski definition) is 0. The first kappa shape index (κ1) is 23.1. The lowest BCUT2D eigenvalue weighted by Gasteiger charge is -2.44. The van der Waals surface area contributed by atoms with Gasteiger partial charge in [-0.1, -0.05) is 55.2 Å². The molecule has 0 aromatic heterocycles. The summed E-state index contributed by atoms with van der Waals surface area (Å²) < 4.78 is 11.2. The molecule has 176 valence electrons. The maximum atomic E-state index is 13.9. The van der Waals surface area contributed by atoms with Gasteiger partial charge in [0.2, 0.25) is 5.91 Å². The molecule has 1 atom stereocenters. The number of carbonyl (C=O) groups is 2. The minimum Gasteiger partial charge on any atom is -0.493 e. The average Bonchev–Trinajstić information content (AvgIpc) is 2.84. The number of piperazine rings is 1. The van der Waals surface area contributed by atoms with Gasteiger partial charge in [-0.05, 0) is 49.9 Å². The van der Waals surface area contributed by atoms with Crippen molar-refractivity contribution in [3.05, 3.63) is 59.2 Å². The fraction of sp³-hybridized carbons (Fsp3) is 0.481. The molecule has 1 saturated heterocycles. The van der Waals surface area contributed by atoms with Gasteiger partial charge >= 0.3 is 0 Å². The quantitative estimate of drug-likeness (QED) is 0.616. The lowest BCUT2D eigenvalue weighted by molar-refractivity contribution is -0.160. The summed E-state index contributed by atoms with van der Waals surface area (Å²) in [6, 6.07) is 13.1. The van der Waals surface area contributed by atoms with Crippen molar-refractivity contribution in [2.75, 3.05) is 20.3 Å². The smallest absolute Gasteiger partial charge is 0.250 e. The number of methoxy groups -OCH3 is 1. The molecule has 4 rings (SSSR count). The van der Waals surface area contributed by atoms with Crippen LogP contribution in [-0.2, 0) is 16.1 Å². The summed E-state index contributed by atoms with van der Waals surface area (Å²) in [5.74, 6) is 1.19. The molecule has 0 N–H and O–H groups in total. The van der Waals surface area contributed by atoms with Crippen LogP contribution in [0.5, 0.6) is 11.5 Å². The summed E-state index contributed by atoms with van der Waals surface area (Å²) in [6.07, 6.45) is 5.35. The lowest BCUT2D eigenvalue weighted by Crippen LogP contribution is -2.58. The summed E-state index contributed by atoms with van der Waals surface area (Å²) in [7, 11) is 1.59. The molecule has 1 aliphatic heterocycles. The van der Waals surface area contributed by atoms with Crippen LogP contribution in [0.3, 0.4) is 0 Å². The summed E-state index contributed by atoms with van der Waals surface area (Å²) in [5.41, 5.74) is 2.92. The van der Waals surface area contributed by atoms with Crippen LogP contribution in [0.15, 0.2) is 42.5 Å². The summed E-state index contributed by atoms with van der Waals surface area (Å²) in [6.45, 7) is 5.02. The molecule has 1 aliphatic carbocycles. The molecule has 2 aliphatic rings. The van der Waals surface area contributed by atoms with E-state index >= 15 is 0 Å². The molecule has 1 saturated carbocycles. The van der Waals surface area contributed by atoms with E-state index in [-0.39, 0.29) is 24.4 Å². The molecule has 2 fully saturated rings. The Hall–Kier alpha value is -3.02. The molecular weight excluding hydrogens is 416 g/mol. The van der Waals surface area contributed by atoms with Crippen molar-refractivity contribution in [2.45, 2.75) is 64.6 Å². The molecule has 2 amide bonds. The van der Waals surface area contributed by atoms with Gasteiger partial charge in [0.1, 0.15) is 12.6 Å². The van der Waals surface area contributed by atoms with E-state index in [4.69, 9.17) is 9.47 Å². The van der Waals surface area contributed by atoms with Gasteiger partial charge in [-0.25, -0.2) is 0 Å². The number of rotatable bonds is 7. The van der Waals surface area contributed by atoms with Gasteiger partial charge < -0.3 is 19.3 Å². The summed E-state index contributed by atoms with van der Waals surface area (Å²) in [5, 5.41) is 0. The minimum absolute atomic E-state index is 0.000162. The van der Waals surface area contributed by atoms with Crippen molar-refractivity contribution in [2.24, 2.45) is 0 Å². The van der Waals surface area contributed by atoms with Crippen molar-refractivity contribution >= 4 is 11.8 Å². The first-order valence-electron chi connectivity index (χ1n) is 12.0. The zero-order valence-electron chi connectivity index (χ0n) is 19.9. The molecular formula is C27H34N2O4. The second-order valence-corrected chi connectivity index (χ2v) is 9.01. The highest BCUT2D eigenvalue weighted by atomic mass is 16.5. The van der Waals surface area contributed by atoms with Crippen LogP contribution < -0.4 is 9.47 Å². The predicted octanol–water partition coefficient (Wildman–Crippen LogP) is 4.65. The molecule has 6 nitrogen and oxygen atoms in total. The Morgan fingerprint density at radius 3 is 2.36 bits per heavy atom. The molecule has 33 heavy (non-hydrogen) atoms. The number of aryl methyl sites for hydroxylation is 1. The molecule has 2 aromatic rings. The van der Waals surface area contributed by atoms with E-state index in [9.17, 15) is 9.59 Å². The van der Waals surface area contributed by atoms with Crippen molar-refractivity contribution in [3.63, 3.8) is 0 Å². The van der Waals surface area contributed by atoms with Crippen molar-refractivity contribution < 1.29 is 19.1 Å². The number of benzene rings is 2. The molecule has 1 unspecified atom stereocenters. The second-order valence-electron chi connectivity index (χ2n) is 9.01. The molecule has 0 radical (unpaired) electrons. The van der Waals surface area contributed by atoms with E-state index in [0.717, 1.165) is 42.4 Å². The van der Waals surface area contributed by atoms with Crippen LogP contribution in [0.2, 0.25) is 0 Å². The fourth-order valence-corrected chi connectivity index (χ4v) is 4.97. The van der Waals surface area contributed by atoms with E-state index in [1.54, 1.807) is 12.0 Å².